The molecule has 2 amide bonds. The van der Waals surface area contributed by atoms with Crippen LogP contribution < -0.4 is 10.6 Å². The Morgan fingerprint density at radius 2 is 1.85 bits per heavy atom. The van der Waals surface area contributed by atoms with E-state index in [4.69, 9.17) is 4.42 Å². The van der Waals surface area contributed by atoms with Gasteiger partial charge in [0.25, 0.3) is 5.91 Å². The molecule has 0 saturated heterocycles. The molecule has 3 rings (SSSR count). The van der Waals surface area contributed by atoms with Gasteiger partial charge >= 0.3 is 0 Å². The van der Waals surface area contributed by atoms with E-state index in [1.165, 1.54) is 0 Å². The highest BCUT2D eigenvalue weighted by atomic mass is 79.9. The average molecular weight is 415 g/mol. The zero-order valence-electron chi connectivity index (χ0n) is 14.3. The number of fused-ring (bicyclic) bond motifs is 1. The van der Waals surface area contributed by atoms with Crippen LogP contribution in [0.4, 0.5) is 0 Å². The number of rotatable bonds is 6. The minimum absolute atomic E-state index is 0.0895. The highest BCUT2D eigenvalue weighted by Crippen LogP contribution is 2.27. The Labute approximate surface area is 159 Å². The minimum atomic E-state index is -0.395. The zero-order chi connectivity index (χ0) is 18.5. The van der Waals surface area contributed by atoms with Gasteiger partial charge in [-0.25, -0.2) is 0 Å². The predicted octanol–water partition coefficient (Wildman–Crippen LogP) is 3.59. The summed E-state index contributed by atoms with van der Waals surface area (Å²) >= 11 is 3.41. The van der Waals surface area contributed by atoms with Crippen molar-refractivity contribution in [3.8, 4) is 0 Å². The Hall–Kier alpha value is -2.60. The molecule has 0 aliphatic carbocycles. The lowest BCUT2D eigenvalue weighted by Gasteiger charge is -2.06. The minimum Gasteiger partial charge on any atom is -0.451 e. The fraction of sp³-hybridized carbons (Fsp3) is 0.200. The monoisotopic (exact) mass is 414 g/mol. The van der Waals surface area contributed by atoms with Gasteiger partial charge in [0.1, 0.15) is 5.58 Å². The number of benzene rings is 2. The lowest BCUT2D eigenvalue weighted by atomic mass is 10.1. The van der Waals surface area contributed by atoms with Crippen LogP contribution in [0.2, 0.25) is 0 Å². The summed E-state index contributed by atoms with van der Waals surface area (Å²) in [5.41, 5.74) is 2.55. The molecule has 0 radical (unpaired) electrons. The van der Waals surface area contributed by atoms with Crippen LogP contribution >= 0.6 is 15.9 Å². The lowest BCUT2D eigenvalue weighted by Crippen LogP contribution is -2.37. The second-order valence-electron chi connectivity index (χ2n) is 5.96. The summed E-state index contributed by atoms with van der Waals surface area (Å²) < 4.78 is 6.54. The number of hydrogen-bond acceptors (Lipinski definition) is 3. The number of furan rings is 1. The molecule has 0 fully saturated rings. The highest BCUT2D eigenvalue weighted by molar-refractivity contribution is 9.10. The van der Waals surface area contributed by atoms with Crippen LogP contribution in [0.5, 0.6) is 0 Å². The summed E-state index contributed by atoms with van der Waals surface area (Å²) in [5, 5.41) is 6.28. The molecule has 134 valence electrons. The molecule has 5 nitrogen and oxygen atoms in total. The van der Waals surface area contributed by atoms with E-state index in [1.54, 1.807) is 6.07 Å². The summed E-state index contributed by atoms with van der Waals surface area (Å²) in [7, 11) is 0. The summed E-state index contributed by atoms with van der Waals surface area (Å²) in [6.07, 6.45) is 0.748. The van der Waals surface area contributed by atoms with Crippen LogP contribution in [0.1, 0.15) is 21.7 Å². The molecule has 0 atom stereocenters. The smallest absolute Gasteiger partial charge is 0.287 e. The standard InChI is InChI=1S/C20H19BrN2O3/c1-13-16-11-15(21)7-8-17(16)26-19(13)20(25)23-12-18(24)22-10-9-14-5-3-2-4-6-14/h2-8,11H,9-10,12H2,1H3,(H,22,24)(H,23,25). The van der Waals surface area contributed by atoms with E-state index in [2.05, 4.69) is 26.6 Å². The van der Waals surface area contributed by atoms with Crippen molar-refractivity contribution in [2.45, 2.75) is 13.3 Å². The summed E-state index contributed by atoms with van der Waals surface area (Å²) in [6, 6.07) is 15.5. The molecule has 0 aliphatic heterocycles. The van der Waals surface area contributed by atoms with E-state index < -0.39 is 5.91 Å². The van der Waals surface area contributed by atoms with E-state index in [1.807, 2.05) is 49.4 Å². The molecule has 0 bridgehead atoms. The van der Waals surface area contributed by atoms with Crippen LogP contribution in [0.3, 0.4) is 0 Å². The molecule has 0 saturated carbocycles. The van der Waals surface area contributed by atoms with Gasteiger partial charge in [-0.15, -0.1) is 0 Å². The third-order valence-electron chi connectivity index (χ3n) is 4.09. The second kappa shape index (κ2) is 8.19. The average Bonchev–Trinajstić information content (AvgIpc) is 2.97. The van der Waals surface area contributed by atoms with Gasteiger partial charge in [0, 0.05) is 22.0 Å². The van der Waals surface area contributed by atoms with Gasteiger partial charge in [0.05, 0.1) is 6.54 Å². The van der Waals surface area contributed by atoms with Crippen LogP contribution in [0.15, 0.2) is 57.4 Å². The van der Waals surface area contributed by atoms with Crippen molar-refractivity contribution in [1.82, 2.24) is 10.6 Å². The van der Waals surface area contributed by atoms with Gasteiger partial charge in [-0.05, 0) is 37.1 Å². The molecule has 0 aliphatic rings. The molecule has 2 N–H and O–H groups in total. The molecular weight excluding hydrogens is 396 g/mol. The van der Waals surface area contributed by atoms with Gasteiger partial charge in [-0.2, -0.15) is 0 Å². The number of carbonyl (C=O) groups excluding carboxylic acids is 2. The normalized spacial score (nSPS) is 10.7. The molecule has 3 aromatic rings. The van der Waals surface area contributed by atoms with Crippen molar-refractivity contribution in [2.24, 2.45) is 0 Å². The Bertz CT molecular complexity index is 935. The van der Waals surface area contributed by atoms with Gasteiger partial charge in [0.2, 0.25) is 5.91 Å². The van der Waals surface area contributed by atoms with Crippen LogP contribution in [-0.4, -0.2) is 24.9 Å². The topological polar surface area (TPSA) is 71.3 Å². The van der Waals surface area contributed by atoms with Crippen molar-refractivity contribution in [1.29, 1.82) is 0 Å². The van der Waals surface area contributed by atoms with Gasteiger partial charge < -0.3 is 15.1 Å². The molecule has 0 spiro atoms. The fourth-order valence-corrected chi connectivity index (χ4v) is 3.07. The van der Waals surface area contributed by atoms with Crippen molar-refractivity contribution >= 4 is 38.7 Å². The third kappa shape index (κ3) is 4.32. The first-order valence-corrected chi connectivity index (χ1v) is 9.11. The summed E-state index contributed by atoms with van der Waals surface area (Å²) in [4.78, 5) is 24.2. The van der Waals surface area contributed by atoms with Gasteiger partial charge in [-0.1, -0.05) is 46.3 Å². The van der Waals surface area contributed by atoms with Crippen molar-refractivity contribution in [2.75, 3.05) is 13.1 Å². The van der Waals surface area contributed by atoms with Gasteiger partial charge in [-0.3, -0.25) is 9.59 Å². The van der Waals surface area contributed by atoms with Crippen LogP contribution in [0.25, 0.3) is 11.0 Å². The maximum absolute atomic E-state index is 12.3. The number of amides is 2. The van der Waals surface area contributed by atoms with E-state index in [-0.39, 0.29) is 18.2 Å². The Morgan fingerprint density at radius 3 is 2.62 bits per heavy atom. The van der Waals surface area contributed by atoms with Crippen molar-refractivity contribution in [3.63, 3.8) is 0 Å². The summed E-state index contributed by atoms with van der Waals surface area (Å²) in [6.45, 7) is 2.26. The highest BCUT2D eigenvalue weighted by Gasteiger charge is 2.18. The predicted molar refractivity (Wildman–Crippen MR) is 104 cm³/mol. The first kappa shape index (κ1) is 18.2. The first-order valence-electron chi connectivity index (χ1n) is 8.32. The molecule has 1 aromatic heterocycles. The van der Waals surface area contributed by atoms with Gasteiger partial charge in [0.15, 0.2) is 5.76 Å². The molecule has 1 heterocycles. The molecule has 0 unspecified atom stereocenters. The second-order valence-corrected chi connectivity index (χ2v) is 6.88. The van der Waals surface area contributed by atoms with E-state index in [0.29, 0.717) is 12.1 Å². The SMILES string of the molecule is Cc1c(C(=O)NCC(=O)NCCc2ccccc2)oc2ccc(Br)cc12. The molecule has 26 heavy (non-hydrogen) atoms. The van der Waals surface area contributed by atoms with E-state index in [0.717, 1.165) is 27.4 Å². The fourth-order valence-electron chi connectivity index (χ4n) is 2.70. The quantitative estimate of drug-likeness (QED) is 0.647. The van der Waals surface area contributed by atoms with E-state index >= 15 is 0 Å². The Kier molecular flexibility index (Phi) is 5.73. The Balaban J connectivity index is 1.52. The maximum Gasteiger partial charge on any atom is 0.287 e. The molecular formula is C20H19BrN2O3. The largest absolute Gasteiger partial charge is 0.451 e. The Morgan fingerprint density at radius 1 is 1.08 bits per heavy atom. The van der Waals surface area contributed by atoms with Crippen LogP contribution in [0, 0.1) is 6.92 Å². The third-order valence-corrected chi connectivity index (χ3v) is 4.59. The number of aryl methyl sites for hydroxylation is 1. The molecule has 6 heteroatoms. The zero-order valence-corrected chi connectivity index (χ0v) is 15.9. The lowest BCUT2D eigenvalue weighted by molar-refractivity contribution is -0.120. The summed E-state index contributed by atoms with van der Waals surface area (Å²) in [5.74, 6) is -0.394. The van der Waals surface area contributed by atoms with Crippen molar-refractivity contribution < 1.29 is 14.0 Å². The first-order chi connectivity index (χ1) is 12.5. The maximum atomic E-state index is 12.3. The number of hydrogen-bond donors (Lipinski definition) is 2. The number of halogens is 1. The number of nitrogens with one attached hydrogen (secondary N) is 2. The van der Waals surface area contributed by atoms with Crippen molar-refractivity contribution in [3.05, 3.63) is 69.9 Å². The van der Waals surface area contributed by atoms with Crippen LogP contribution in [-0.2, 0) is 11.2 Å². The number of carbonyl (C=O) groups is 2. The van der Waals surface area contributed by atoms with E-state index in [9.17, 15) is 9.59 Å². The molecule has 2 aromatic carbocycles.